The number of carbonyl (C=O) groups is 2. The van der Waals surface area contributed by atoms with Crippen LogP contribution in [0.1, 0.15) is 173 Å². The van der Waals surface area contributed by atoms with Crippen LogP contribution in [-0.4, -0.2) is 153 Å². The van der Waals surface area contributed by atoms with Crippen LogP contribution in [0.4, 0.5) is 0 Å². The van der Waals surface area contributed by atoms with Crippen LogP contribution in [-0.2, 0) is 46.8 Å². The minimum absolute atomic E-state index is 0. The van der Waals surface area contributed by atoms with Crippen LogP contribution in [0.25, 0.3) is 0 Å². The third-order valence-corrected chi connectivity index (χ3v) is 29.0. The summed E-state index contributed by atoms with van der Waals surface area (Å²) >= 11 is 12.1. The zero-order valence-electron chi connectivity index (χ0n) is 75.3. The van der Waals surface area contributed by atoms with Crippen LogP contribution < -0.4 is 72.4 Å². The number of hydrogen-bond donors (Lipinski definition) is 10. The van der Waals surface area contributed by atoms with Crippen LogP contribution >= 0.6 is 94.1 Å². The van der Waals surface area contributed by atoms with Crippen molar-refractivity contribution in [3.05, 3.63) is 190 Å². The summed E-state index contributed by atoms with van der Waals surface area (Å²) in [6.07, 6.45) is 7.68. The Hall–Kier alpha value is -6.62. The van der Waals surface area contributed by atoms with Crippen molar-refractivity contribution in [2.24, 2.45) is 28.7 Å². The number of aliphatic hydroxyl groups is 3. The first-order valence-electron chi connectivity index (χ1n) is 42.9. The van der Waals surface area contributed by atoms with Gasteiger partial charge in [-0.2, -0.15) is 0 Å². The fourth-order valence-corrected chi connectivity index (χ4v) is 21.8. The molecule has 126 heavy (non-hydrogen) atoms. The van der Waals surface area contributed by atoms with Crippen molar-refractivity contribution in [3.8, 4) is 0 Å². The summed E-state index contributed by atoms with van der Waals surface area (Å²) in [6, 6.07) is 50.2. The molecule has 0 spiro atoms. The van der Waals surface area contributed by atoms with Crippen LogP contribution in [0.2, 0.25) is 54.6 Å². The zero-order chi connectivity index (χ0) is 89.8. The number of benzene rings is 8. The van der Waals surface area contributed by atoms with Gasteiger partial charge in [0.25, 0.3) is 0 Å². The average Bonchev–Trinajstić information content (AvgIpc) is 1.64. The Kier molecular flexibility index (Phi) is 44.8. The Bertz CT molecular complexity index is 4350. The molecule has 0 radical (unpaired) electrons. The first kappa shape index (κ1) is 106. The van der Waals surface area contributed by atoms with Crippen molar-refractivity contribution in [1.29, 1.82) is 0 Å². The summed E-state index contributed by atoms with van der Waals surface area (Å²) in [5, 5.41) is 44.0. The smallest absolute Gasteiger partial charge is 0.325 e. The Morgan fingerprint density at radius 2 is 0.516 bits per heavy atom. The van der Waals surface area contributed by atoms with Gasteiger partial charge in [-0.1, -0.05) is 228 Å². The SMILES string of the molecule is CB1O[C@@H](CN)c2ccc(SCC(=O)O)cc21.CB1O[C@H](CN)c2ccc(SCC(=O)O)cc21.CC[C@@H]1OB(C)c2cc(SCN)ccc21.CC[C@@H]1OB(C)c2cc(SCO)ccc21.CC[C@H]1OB(C)c2c(SCN)cccc21.CC[C@H]1OB(C)c2c(SCO)cccc21.CC[C@H]1OB(C)c2cc(SCN)ccc21.CC[C@H]1OB(C)c2cc(SCO)ccc21.[Rf].[Rf]. The van der Waals surface area contributed by atoms with E-state index in [4.69, 9.17) is 91.4 Å². The van der Waals surface area contributed by atoms with E-state index in [0.717, 1.165) is 85.1 Å². The Labute approximate surface area is 772 Å². The monoisotopic (exact) mass is 2370 g/mol. The molecule has 0 saturated heterocycles. The molecule has 38 heteroatoms. The summed E-state index contributed by atoms with van der Waals surface area (Å²) in [5.74, 6) is 0.814. The van der Waals surface area contributed by atoms with E-state index in [-0.39, 0.29) is 133 Å². The second-order valence-electron chi connectivity index (χ2n) is 30.4. The normalized spacial score (nSPS) is 18.8. The predicted octanol–water partition coefficient (Wildman–Crippen LogP) is 13.6. The van der Waals surface area contributed by atoms with E-state index in [1.807, 2.05) is 56.1 Å². The van der Waals surface area contributed by atoms with Crippen LogP contribution in [0.15, 0.2) is 185 Å². The molecule has 8 aliphatic rings. The quantitative estimate of drug-likeness (QED) is 0.0137. The first-order valence-corrected chi connectivity index (χ1v) is 50.8. The maximum Gasteiger partial charge on any atom is 0.325 e. The molecule has 0 bridgehead atoms. The number of hydrogen-bond acceptors (Lipinski definition) is 26. The molecule has 8 aromatic rings. The molecule has 0 aromatic heterocycles. The van der Waals surface area contributed by atoms with E-state index in [1.165, 1.54) is 140 Å². The van der Waals surface area contributed by atoms with Crippen molar-refractivity contribution in [3.63, 3.8) is 0 Å². The van der Waals surface area contributed by atoms with Gasteiger partial charge in [-0.25, -0.2) is 0 Å². The van der Waals surface area contributed by atoms with Crippen LogP contribution in [0.3, 0.4) is 0 Å². The summed E-state index contributed by atoms with van der Waals surface area (Å²) in [5.41, 5.74) is 48.2. The van der Waals surface area contributed by atoms with Crippen LogP contribution in [0, 0.1) is 0 Å². The molecular formula is C88H121B8N5O15Rf2S8. The van der Waals surface area contributed by atoms with Gasteiger partial charge in [-0.3, -0.25) is 9.59 Å². The number of rotatable bonds is 26. The van der Waals surface area contributed by atoms with Crippen molar-refractivity contribution in [2.45, 2.75) is 223 Å². The van der Waals surface area contributed by atoms with E-state index in [1.54, 1.807) is 35.3 Å². The van der Waals surface area contributed by atoms with Gasteiger partial charge in [-0.15, -0.1) is 58.8 Å². The molecule has 8 heterocycles. The predicted molar refractivity (Wildman–Crippen MR) is 532 cm³/mol. The fourth-order valence-electron chi connectivity index (χ4n) is 16.7. The van der Waals surface area contributed by atoms with E-state index in [2.05, 4.69) is 186 Å². The molecular weight excluding hydrogens is 2240 g/mol. The molecule has 8 aliphatic heterocycles. The summed E-state index contributed by atoms with van der Waals surface area (Å²) < 4.78 is 46.6. The van der Waals surface area contributed by atoms with Crippen LogP contribution in [0.5, 0.6) is 0 Å². The number of carboxylic acid groups (broad SMARTS) is 2. The molecule has 0 saturated carbocycles. The van der Waals surface area contributed by atoms with Gasteiger partial charge in [0.05, 0.1) is 78.2 Å². The molecule has 8 atom stereocenters. The molecule has 15 N–H and O–H groups in total. The standard InChI is InChI=1S/2C11H14BNO3S.3C11H16BNOS.3C11H15BO2S.2Rf/c2*1-12-9-4-7(17-6-11(14)15)2-3-8(9)10(5-13)16-12;2*1-3-11-9-5-4-8(15-7-13)6-10(9)12(2)14-11;1-3-9-8-5-4-6-10(15-7-13)11(8)12(2)14-9;2*1-3-11-9-5-4-8(15-7-13)6-10(9)12(2)14-11;1-3-9-8-5-4-6-10(15-7-13)11(8)12(2)14-9;;/h2*2-4,10H,5-6,13H2,1H3,(H,14,15);2*4-6,11H,3,7,13H2,1-2H3;4-6,9H,3,7,13H2,1-2H3;2*4-6,11,13H,3,7H2,1-2H3;4-6,9,13H,3,7H2,1-2H3;;/t2*10-;2*11-;9-;2*11-;9-;;/m10101101../s1. The van der Waals surface area contributed by atoms with E-state index in [9.17, 15) is 9.59 Å². The van der Waals surface area contributed by atoms with Crippen molar-refractivity contribution < 1.29 is 72.4 Å². The second kappa shape index (κ2) is 53.0. The van der Waals surface area contributed by atoms with Gasteiger partial charge >= 0.3 is 67.3 Å². The molecule has 16 rings (SSSR count). The largest absolute Gasteiger partial charge is 0.481 e. The number of aliphatic carboxylic acids is 2. The number of thioether (sulfide) groups is 8. The van der Waals surface area contributed by atoms with Crippen molar-refractivity contribution >= 4 is 205 Å². The van der Waals surface area contributed by atoms with E-state index >= 15 is 0 Å². The topological polar surface area (TPSA) is 339 Å². The molecule has 20 nitrogen and oxygen atoms in total. The molecule has 0 unspecified atom stereocenters. The minimum Gasteiger partial charge on any atom is -0.481 e. The van der Waals surface area contributed by atoms with Crippen molar-refractivity contribution in [2.75, 3.05) is 60.0 Å². The number of carboxylic acids is 2. The van der Waals surface area contributed by atoms with E-state index < -0.39 is 11.9 Å². The maximum absolute atomic E-state index is 10.5. The zero-order valence-corrected chi connectivity index (χ0v) is 94.6. The molecule has 0 aliphatic carbocycles. The van der Waals surface area contributed by atoms with Gasteiger partial charge in [-0.05, 0) is 175 Å². The Morgan fingerprint density at radius 1 is 0.294 bits per heavy atom. The van der Waals surface area contributed by atoms with Crippen molar-refractivity contribution in [1.82, 2.24) is 0 Å². The summed E-state index contributed by atoms with van der Waals surface area (Å²) in [4.78, 5) is 30.1. The van der Waals surface area contributed by atoms with Gasteiger partial charge in [0.15, 0.2) is 0 Å². The number of fused-ring (bicyclic) bond motifs is 8. The fraction of sp³-hybridized carbons (Fsp3) is 0.432. The molecule has 0 fully saturated rings. The van der Waals surface area contributed by atoms with Gasteiger partial charge in [0.1, 0.15) is 0 Å². The Morgan fingerprint density at radius 3 is 0.754 bits per heavy atom. The molecule has 8 aromatic carbocycles. The maximum atomic E-state index is 10.5. The third-order valence-electron chi connectivity index (χ3n) is 22.5. The second-order valence-corrected chi connectivity index (χ2v) is 38.8. The summed E-state index contributed by atoms with van der Waals surface area (Å²) in [6.45, 7) is 31.7. The Balaban J connectivity index is 0.000000197. The molecule has 664 valence electrons. The minimum atomic E-state index is -0.806. The van der Waals surface area contributed by atoms with Gasteiger partial charge in [0.2, 0.25) is 0 Å². The van der Waals surface area contributed by atoms with Gasteiger partial charge < -0.3 is 91.4 Å². The third kappa shape index (κ3) is 27.7. The average molecular weight is 2370 g/mol. The number of aliphatic hydroxyl groups excluding tert-OH is 3. The first-order chi connectivity index (χ1) is 59.8. The van der Waals surface area contributed by atoms with Gasteiger partial charge in [0, 0.05) is 69.9 Å². The number of nitrogens with two attached hydrogens (primary N) is 5. The molecule has 0 amide bonds. The summed E-state index contributed by atoms with van der Waals surface area (Å²) in [7, 11) is 0. The van der Waals surface area contributed by atoms with E-state index in [0.29, 0.717) is 30.7 Å².